The second-order valence-electron chi connectivity index (χ2n) is 5.86. The van der Waals surface area contributed by atoms with Crippen molar-refractivity contribution in [3.63, 3.8) is 0 Å². The highest BCUT2D eigenvalue weighted by atomic mass is 15.1. The number of rotatable bonds is 5. The number of allylic oxidation sites excluding steroid dienone is 2. The molecule has 1 aliphatic rings. The van der Waals surface area contributed by atoms with Gasteiger partial charge >= 0.3 is 0 Å². The van der Waals surface area contributed by atoms with Crippen LogP contribution in [-0.2, 0) is 6.54 Å². The Hall–Kier alpha value is -1.09. The molecule has 2 rings (SSSR count). The molecule has 1 aliphatic carbocycles. The summed E-state index contributed by atoms with van der Waals surface area (Å²) < 4.78 is 2.13. The second-order valence-corrected chi connectivity index (χ2v) is 5.86. The van der Waals surface area contributed by atoms with E-state index in [1.165, 1.54) is 12.8 Å². The molecule has 3 atom stereocenters. The maximum absolute atomic E-state index is 4.07. The van der Waals surface area contributed by atoms with E-state index >= 15 is 0 Å². The van der Waals surface area contributed by atoms with Crippen LogP contribution in [0.3, 0.4) is 0 Å². The zero-order chi connectivity index (χ0) is 13.0. The molecular formula is C15H25N3. The largest absolute Gasteiger partial charge is 0.336 e. The molecule has 0 saturated carbocycles. The summed E-state index contributed by atoms with van der Waals surface area (Å²) >= 11 is 0. The van der Waals surface area contributed by atoms with Crippen molar-refractivity contribution in [2.45, 2.75) is 46.2 Å². The molecule has 1 heterocycles. The highest BCUT2D eigenvalue weighted by Crippen LogP contribution is 2.27. The summed E-state index contributed by atoms with van der Waals surface area (Å²) in [5, 5.41) is 3.66. The van der Waals surface area contributed by atoms with E-state index in [0.29, 0.717) is 6.04 Å². The second kappa shape index (κ2) is 6.19. The van der Waals surface area contributed by atoms with Gasteiger partial charge in [-0.15, -0.1) is 0 Å². The molecule has 1 aromatic rings. The normalized spacial score (nSPS) is 25.8. The Morgan fingerprint density at radius 2 is 2.39 bits per heavy atom. The summed E-state index contributed by atoms with van der Waals surface area (Å²) in [6, 6.07) is 0.501. The summed E-state index contributed by atoms with van der Waals surface area (Å²) in [7, 11) is 0. The van der Waals surface area contributed by atoms with Crippen molar-refractivity contribution in [2.75, 3.05) is 6.54 Å². The number of nitrogens with one attached hydrogen (secondary N) is 1. The first-order valence-electron chi connectivity index (χ1n) is 7.00. The van der Waals surface area contributed by atoms with Gasteiger partial charge in [-0.05, 0) is 45.1 Å². The lowest BCUT2D eigenvalue weighted by Gasteiger charge is -2.27. The monoisotopic (exact) mass is 247 g/mol. The Balaban J connectivity index is 1.73. The molecule has 1 N–H and O–H groups in total. The summed E-state index contributed by atoms with van der Waals surface area (Å²) in [6.07, 6.45) is 10.7. The van der Waals surface area contributed by atoms with Crippen LogP contribution in [0.15, 0.2) is 30.4 Å². The highest BCUT2D eigenvalue weighted by molar-refractivity contribution is 5.06. The van der Waals surface area contributed by atoms with Crippen molar-refractivity contribution in [3.05, 3.63) is 30.4 Å². The van der Waals surface area contributed by atoms with E-state index in [4.69, 9.17) is 0 Å². The van der Waals surface area contributed by atoms with Crippen LogP contribution >= 0.6 is 0 Å². The SMILES string of the molecule is CC1=CC(C)CC(CNC(C)Cn2ccnc2)C1. The van der Waals surface area contributed by atoms with Crippen LogP contribution in [0.25, 0.3) is 0 Å². The smallest absolute Gasteiger partial charge is 0.0946 e. The Kier molecular flexibility index (Phi) is 4.59. The van der Waals surface area contributed by atoms with Gasteiger partial charge in [0.2, 0.25) is 0 Å². The Morgan fingerprint density at radius 3 is 3.06 bits per heavy atom. The third-order valence-corrected chi connectivity index (χ3v) is 3.68. The van der Waals surface area contributed by atoms with Gasteiger partial charge < -0.3 is 9.88 Å². The predicted octanol–water partition coefficient (Wildman–Crippen LogP) is 2.85. The fourth-order valence-corrected chi connectivity index (χ4v) is 2.99. The average molecular weight is 247 g/mol. The molecule has 1 aromatic heterocycles. The molecular weight excluding hydrogens is 222 g/mol. The minimum absolute atomic E-state index is 0.501. The van der Waals surface area contributed by atoms with Gasteiger partial charge in [-0.2, -0.15) is 0 Å². The van der Waals surface area contributed by atoms with Gasteiger partial charge in [0.25, 0.3) is 0 Å². The maximum atomic E-state index is 4.07. The number of imidazole rings is 1. The van der Waals surface area contributed by atoms with Crippen molar-refractivity contribution >= 4 is 0 Å². The molecule has 18 heavy (non-hydrogen) atoms. The van der Waals surface area contributed by atoms with Gasteiger partial charge in [-0.1, -0.05) is 18.6 Å². The van der Waals surface area contributed by atoms with E-state index in [-0.39, 0.29) is 0 Å². The van der Waals surface area contributed by atoms with Crippen LogP contribution in [0.2, 0.25) is 0 Å². The van der Waals surface area contributed by atoms with E-state index in [1.54, 1.807) is 5.57 Å². The van der Waals surface area contributed by atoms with E-state index in [1.807, 2.05) is 18.7 Å². The van der Waals surface area contributed by atoms with Crippen LogP contribution in [0.5, 0.6) is 0 Å². The molecule has 0 radical (unpaired) electrons. The first-order chi connectivity index (χ1) is 8.63. The minimum Gasteiger partial charge on any atom is -0.336 e. The summed E-state index contributed by atoms with van der Waals surface area (Å²) in [6.45, 7) is 8.96. The average Bonchev–Trinajstić information content (AvgIpc) is 2.78. The third-order valence-electron chi connectivity index (χ3n) is 3.68. The summed E-state index contributed by atoms with van der Waals surface area (Å²) in [4.78, 5) is 4.07. The number of hydrogen-bond donors (Lipinski definition) is 1. The summed E-state index contributed by atoms with van der Waals surface area (Å²) in [5.74, 6) is 1.55. The maximum Gasteiger partial charge on any atom is 0.0946 e. The van der Waals surface area contributed by atoms with Crippen LogP contribution in [0, 0.1) is 11.8 Å². The van der Waals surface area contributed by atoms with Crippen molar-refractivity contribution < 1.29 is 0 Å². The fourth-order valence-electron chi connectivity index (χ4n) is 2.99. The third kappa shape index (κ3) is 3.98. The van der Waals surface area contributed by atoms with E-state index in [2.05, 4.69) is 41.7 Å². The first-order valence-corrected chi connectivity index (χ1v) is 7.00. The van der Waals surface area contributed by atoms with Gasteiger partial charge in [0, 0.05) is 25.0 Å². The lowest BCUT2D eigenvalue weighted by molar-refractivity contribution is 0.353. The number of nitrogens with zero attached hydrogens (tertiary/aromatic N) is 2. The van der Waals surface area contributed by atoms with Crippen molar-refractivity contribution in [1.82, 2.24) is 14.9 Å². The van der Waals surface area contributed by atoms with E-state index in [0.717, 1.165) is 24.9 Å². The van der Waals surface area contributed by atoms with Crippen molar-refractivity contribution in [2.24, 2.45) is 11.8 Å². The minimum atomic E-state index is 0.501. The zero-order valence-corrected chi connectivity index (χ0v) is 11.8. The molecule has 100 valence electrons. The predicted molar refractivity (Wildman–Crippen MR) is 75.3 cm³/mol. The molecule has 3 heteroatoms. The van der Waals surface area contributed by atoms with E-state index in [9.17, 15) is 0 Å². The molecule has 3 nitrogen and oxygen atoms in total. The molecule has 0 amide bonds. The quantitative estimate of drug-likeness (QED) is 0.811. The lowest BCUT2D eigenvalue weighted by atomic mass is 9.83. The van der Waals surface area contributed by atoms with Crippen molar-refractivity contribution in [1.29, 1.82) is 0 Å². The Bertz CT molecular complexity index is 380. The first kappa shape index (κ1) is 13.3. The Labute approximate surface area is 110 Å². The van der Waals surface area contributed by atoms with E-state index < -0.39 is 0 Å². The van der Waals surface area contributed by atoms with Gasteiger partial charge in [-0.25, -0.2) is 4.98 Å². The standard InChI is InChI=1S/C15H25N3/c1-12-6-13(2)8-15(7-12)9-17-14(3)10-18-5-4-16-11-18/h4-6,11-12,14-15,17H,7-10H2,1-3H3. The van der Waals surface area contributed by atoms with Crippen LogP contribution in [0.4, 0.5) is 0 Å². The van der Waals surface area contributed by atoms with Crippen LogP contribution in [-0.4, -0.2) is 22.1 Å². The molecule has 0 aliphatic heterocycles. The number of aromatic nitrogens is 2. The van der Waals surface area contributed by atoms with Gasteiger partial charge in [0.05, 0.1) is 6.33 Å². The lowest BCUT2D eigenvalue weighted by Crippen LogP contribution is -2.35. The molecule has 0 saturated heterocycles. The molecule has 0 fully saturated rings. The van der Waals surface area contributed by atoms with Crippen LogP contribution in [0.1, 0.15) is 33.6 Å². The van der Waals surface area contributed by atoms with Gasteiger partial charge in [0.1, 0.15) is 0 Å². The molecule has 0 spiro atoms. The summed E-state index contributed by atoms with van der Waals surface area (Å²) in [5.41, 5.74) is 1.56. The molecule has 3 unspecified atom stereocenters. The highest BCUT2D eigenvalue weighted by Gasteiger charge is 2.18. The van der Waals surface area contributed by atoms with Gasteiger partial charge in [-0.3, -0.25) is 0 Å². The Morgan fingerprint density at radius 1 is 1.56 bits per heavy atom. The van der Waals surface area contributed by atoms with Crippen molar-refractivity contribution in [3.8, 4) is 0 Å². The van der Waals surface area contributed by atoms with Crippen LogP contribution < -0.4 is 5.32 Å². The topological polar surface area (TPSA) is 29.9 Å². The van der Waals surface area contributed by atoms with Gasteiger partial charge in [0.15, 0.2) is 0 Å². The number of hydrogen-bond acceptors (Lipinski definition) is 2. The molecule has 0 bridgehead atoms. The fraction of sp³-hybridized carbons (Fsp3) is 0.667. The molecule has 0 aromatic carbocycles. The zero-order valence-electron chi connectivity index (χ0n) is 11.8.